The number of likely N-dealkylation sites (tertiary alicyclic amines) is 1. The van der Waals surface area contributed by atoms with Crippen LogP contribution in [0.5, 0.6) is 0 Å². The Bertz CT molecular complexity index is 428. The summed E-state index contributed by atoms with van der Waals surface area (Å²) < 4.78 is 0.985. The highest BCUT2D eigenvalue weighted by Crippen LogP contribution is 2.21. The number of rotatable bonds is 1. The molecule has 0 atom stereocenters. The van der Waals surface area contributed by atoms with Crippen LogP contribution in [0.1, 0.15) is 42.5 Å². The van der Waals surface area contributed by atoms with Gasteiger partial charge in [0.1, 0.15) is 0 Å². The summed E-state index contributed by atoms with van der Waals surface area (Å²) in [6.07, 6.45) is 6.00. The third-order valence-electron chi connectivity index (χ3n) is 3.31. The molecule has 4 heteroatoms. The van der Waals surface area contributed by atoms with Crippen molar-refractivity contribution in [3.63, 3.8) is 0 Å². The molecule has 2 nitrogen and oxygen atoms in total. The van der Waals surface area contributed by atoms with E-state index >= 15 is 0 Å². The van der Waals surface area contributed by atoms with Crippen molar-refractivity contribution in [2.75, 3.05) is 13.1 Å². The number of carbonyl (C=O) groups is 1. The first-order valence-corrected chi connectivity index (χ1v) is 7.88. The first-order valence-electron chi connectivity index (χ1n) is 6.43. The Hall–Kier alpha value is -0.290. The van der Waals surface area contributed by atoms with E-state index in [0.29, 0.717) is 10.6 Å². The number of amides is 1. The lowest BCUT2D eigenvalue weighted by Gasteiger charge is -2.25. The van der Waals surface area contributed by atoms with E-state index in [9.17, 15) is 4.79 Å². The minimum atomic E-state index is 0.121. The van der Waals surface area contributed by atoms with Crippen molar-refractivity contribution < 1.29 is 4.79 Å². The second kappa shape index (κ2) is 6.75. The highest BCUT2D eigenvalue weighted by molar-refractivity contribution is 14.1. The molecule has 1 aromatic carbocycles. The largest absolute Gasteiger partial charge is 0.339 e. The van der Waals surface area contributed by atoms with Gasteiger partial charge in [-0.05, 0) is 53.6 Å². The number of benzene rings is 1. The van der Waals surface area contributed by atoms with Gasteiger partial charge in [0.25, 0.3) is 5.91 Å². The standard InChI is InChI=1S/C14H17ClINO/c15-12-10-11(6-7-13(12)16)14(18)17-8-4-2-1-3-5-9-17/h6-7,10H,1-5,8-9H2. The van der Waals surface area contributed by atoms with Gasteiger partial charge in [-0.25, -0.2) is 0 Å². The van der Waals surface area contributed by atoms with Crippen molar-refractivity contribution in [2.45, 2.75) is 32.1 Å². The molecule has 1 aromatic rings. The second-order valence-electron chi connectivity index (χ2n) is 4.69. The molecule has 1 saturated heterocycles. The summed E-state index contributed by atoms with van der Waals surface area (Å²) in [7, 11) is 0. The summed E-state index contributed by atoms with van der Waals surface area (Å²) >= 11 is 8.25. The van der Waals surface area contributed by atoms with Gasteiger partial charge in [-0.1, -0.05) is 30.9 Å². The number of nitrogens with zero attached hydrogens (tertiary/aromatic N) is 1. The van der Waals surface area contributed by atoms with Crippen LogP contribution in [-0.4, -0.2) is 23.9 Å². The highest BCUT2D eigenvalue weighted by atomic mass is 127. The van der Waals surface area contributed by atoms with Gasteiger partial charge in [0.15, 0.2) is 0 Å². The number of halogens is 2. The molecule has 0 spiro atoms. The zero-order valence-corrected chi connectivity index (χ0v) is 13.2. The Morgan fingerprint density at radius 1 is 1.11 bits per heavy atom. The molecule has 1 aliphatic heterocycles. The van der Waals surface area contributed by atoms with Crippen LogP contribution in [0.25, 0.3) is 0 Å². The second-order valence-corrected chi connectivity index (χ2v) is 6.26. The SMILES string of the molecule is O=C(c1ccc(I)c(Cl)c1)N1CCCCCCC1. The summed E-state index contributed by atoms with van der Waals surface area (Å²) in [6, 6.07) is 5.55. The monoisotopic (exact) mass is 377 g/mol. The zero-order chi connectivity index (χ0) is 13.0. The van der Waals surface area contributed by atoms with Gasteiger partial charge in [-0.15, -0.1) is 0 Å². The summed E-state index contributed by atoms with van der Waals surface area (Å²) in [5, 5.41) is 0.661. The fourth-order valence-electron chi connectivity index (χ4n) is 2.26. The van der Waals surface area contributed by atoms with Crippen LogP contribution in [0.3, 0.4) is 0 Å². The molecule has 0 bridgehead atoms. The van der Waals surface area contributed by atoms with Crippen LogP contribution in [-0.2, 0) is 0 Å². The normalized spacial score (nSPS) is 17.1. The van der Waals surface area contributed by atoms with Crippen LogP contribution < -0.4 is 0 Å². The summed E-state index contributed by atoms with van der Waals surface area (Å²) in [4.78, 5) is 14.4. The first kappa shape index (κ1) is 14.1. The minimum absolute atomic E-state index is 0.121. The summed E-state index contributed by atoms with van der Waals surface area (Å²) in [5.41, 5.74) is 0.709. The molecule has 0 N–H and O–H groups in total. The van der Waals surface area contributed by atoms with Crippen molar-refractivity contribution in [3.05, 3.63) is 32.4 Å². The number of carbonyl (C=O) groups excluding carboxylic acids is 1. The van der Waals surface area contributed by atoms with E-state index in [1.54, 1.807) is 6.07 Å². The van der Waals surface area contributed by atoms with E-state index < -0.39 is 0 Å². The van der Waals surface area contributed by atoms with E-state index in [1.165, 1.54) is 19.3 Å². The van der Waals surface area contributed by atoms with Gasteiger partial charge in [0.2, 0.25) is 0 Å². The fourth-order valence-corrected chi connectivity index (χ4v) is 2.78. The maximum Gasteiger partial charge on any atom is 0.253 e. The quantitative estimate of drug-likeness (QED) is 0.666. The van der Waals surface area contributed by atoms with Crippen LogP contribution in [0.15, 0.2) is 18.2 Å². The third kappa shape index (κ3) is 3.60. The van der Waals surface area contributed by atoms with Crippen LogP contribution in [0.4, 0.5) is 0 Å². The number of hydrogen-bond donors (Lipinski definition) is 0. The Morgan fingerprint density at radius 2 is 1.72 bits per heavy atom. The Balaban J connectivity index is 2.10. The maximum atomic E-state index is 12.4. The van der Waals surface area contributed by atoms with Crippen molar-refractivity contribution in [2.24, 2.45) is 0 Å². The van der Waals surface area contributed by atoms with E-state index in [1.807, 2.05) is 17.0 Å². The van der Waals surface area contributed by atoms with Crippen LogP contribution >= 0.6 is 34.2 Å². The lowest BCUT2D eigenvalue weighted by atomic mass is 10.1. The zero-order valence-electron chi connectivity index (χ0n) is 10.3. The Labute approximate surface area is 127 Å². The Morgan fingerprint density at radius 3 is 2.33 bits per heavy atom. The molecule has 0 saturated carbocycles. The minimum Gasteiger partial charge on any atom is -0.339 e. The average molecular weight is 378 g/mol. The van der Waals surface area contributed by atoms with Gasteiger partial charge in [-0.3, -0.25) is 4.79 Å². The summed E-state index contributed by atoms with van der Waals surface area (Å²) in [5.74, 6) is 0.121. The van der Waals surface area contributed by atoms with Crippen molar-refractivity contribution in [1.29, 1.82) is 0 Å². The molecule has 1 aliphatic rings. The lowest BCUT2D eigenvalue weighted by Crippen LogP contribution is -2.33. The van der Waals surface area contributed by atoms with Gasteiger partial charge in [0.05, 0.1) is 5.02 Å². The predicted octanol–water partition coefficient (Wildman–Crippen LogP) is 4.35. The van der Waals surface area contributed by atoms with Gasteiger partial charge in [-0.2, -0.15) is 0 Å². The lowest BCUT2D eigenvalue weighted by molar-refractivity contribution is 0.0742. The van der Waals surface area contributed by atoms with Crippen LogP contribution in [0, 0.1) is 3.57 Å². The van der Waals surface area contributed by atoms with E-state index in [2.05, 4.69) is 22.6 Å². The molecule has 0 aromatic heterocycles. The number of hydrogen-bond acceptors (Lipinski definition) is 1. The van der Waals surface area contributed by atoms with Crippen molar-refractivity contribution in [1.82, 2.24) is 4.90 Å². The van der Waals surface area contributed by atoms with E-state index in [4.69, 9.17) is 11.6 Å². The van der Waals surface area contributed by atoms with E-state index in [-0.39, 0.29) is 5.91 Å². The average Bonchev–Trinajstić information content (AvgIpc) is 2.31. The molecule has 1 heterocycles. The van der Waals surface area contributed by atoms with Gasteiger partial charge >= 0.3 is 0 Å². The molecule has 2 rings (SSSR count). The molecular weight excluding hydrogens is 361 g/mol. The molecule has 18 heavy (non-hydrogen) atoms. The van der Waals surface area contributed by atoms with Crippen LogP contribution in [0.2, 0.25) is 5.02 Å². The molecule has 1 fully saturated rings. The molecule has 98 valence electrons. The molecule has 0 unspecified atom stereocenters. The molecular formula is C14H17ClINO. The topological polar surface area (TPSA) is 20.3 Å². The fraction of sp³-hybridized carbons (Fsp3) is 0.500. The predicted molar refractivity (Wildman–Crippen MR) is 83.2 cm³/mol. The van der Waals surface area contributed by atoms with Crippen molar-refractivity contribution in [3.8, 4) is 0 Å². The van der Waals surface area contributed by atoms with Crippen molar-refractivity contribution >= 4 is 40.1 Å². The first-order chi connectivity index (χ1) is 8.68. The smallest absolute Gasteiger partial charge is 0.253 e. The molecule has 1 amide bonds. The summed E-state index contributed by atoms with van der Waals surface area (Å²) in [6.45, 7) is 1.75. The van der Waals surface area contributed by atoms with E-state index in [0.717, 1.165) is 29.5 Å². The maximum absolute atomic E-state index is 12.4. The Kier molecular flexibility index (Phi) is 5.30. The van der Waals surface area contributed by atoms with Gasteiger partial charge in [0, 0.05) is 22.2 Å². The molecule has 0 aliphatic carbocycles. The van der Waals surface area contributed by atoms with Gasteiger partial charge < -0.3 is 4.90 Å². The third-order valence-corrected chi connectivity index (χ3v) is 4.88. The molecule has 0 radical (unpaired) electrons. The highest BCUT2D eigenvalue weighted by Gasteiger charge is 2.17.